The van der Waals surface area contributed by atoms with Crippen LogP contribution in [-0.4, -0.2) is 11.0 Å². The number of halogens is 1. The first-order valence-electron chi connectivity index (χ1n) is 5.70. The summed E-state index contributed by atoms with van der Waals surface area (Å²) in [7, 11) is 0. The van der Waals surface area contributed by atoms with E-state index in [-0.39, 0.29) is 6.61 Å². The van der Waals surface area contributed by atoms with Gasteiger partial charge in [0, 0.05) is 5.02 Å². The molecule has 19 heavy (non-hydrogen) atoms. The fourth-order valence-corrected chi connectivity index (χ4v) is 1.69. The number of hydrogen-bond acceptors (Lipinski definition) is 4. The number of carbonyl (C=O) groups is 1. The third-order valence-corrected chi connectivity index (χ3v) is 2.86. The van der Waals surface area contributed by atoms with Crippen LogP contribution in [0.5, 0.6) is 0 Å². The third kappa shape index (κ3) is 3.45. The number of benzene rings is 1. The standard InChI is InChI=1S/C14H13ClN2O2/c1-9-13(6-12(16)7-17-9)14(18)19-8-10-2-4-11(15)5-3-10/h2-7H,8,16H2,1H3. The Morgan fingerprint density at radius 3 is 2.74 bits per heavy atom. The maximum atomic E-state index is 11.9. The number of pyridine rings is 1. The van der Waals surface area contributed by atoms with Gasteiger partial charge in [-0.1, -0.05) is 23.7 Å². The number of esters is 1. The van der Waals surface area contributed by atoms with Gasteiger partial charge < -0.3 is 10.5 Å². The quantitative estimate of drug-likeness (QED) is 0.875. The Hall–Kier alpha value is -2.07. The van der Waals surface area contributed by atoms with E-state index in [1.54, 1.807) is 37.3 Å². The van der Waals surface area contributed by atoms with E-state index in [1.165, 1.54) is 6.20 Å². The molecule has 1 heterocycles. The van der Waals surface area contributed by atoms with E-state index in [0.717, 1.165) is 5.56 Å². The monoisotopic (exact) mass is 276 g/mol. The van der Waals surface area contributed by atoms with Gasteiger partial charge in [-0.05, 0) is 30.7 Å². The molecule has 0 unspecified atom stereocenters. The average molecular weight is 277 g/mol. The second kappa shape index (κ2) is 5.71. The Labute approximate surface area is 116 Å². The lowest BCUT2D eigenvalue weighted by molar-refractivity contribution is 0.0471. The molecule has 0 radical (unpaired) electrons. The number of rotatable bonds is 3. The summed E-state index contributed by atoms with van der Waals surface area (Å²) in [6.07, 6.45) is 1.51. The Morgan fingerprint density at radius 2 is 2.05 bits per heavy atom. The molecule has 2 rings (SSSR count). The number of anilines is 1. The van der Waals surface area contributed by atoms with Gasteiger partial charge in [0.1, 0.15) is 6.61 Å². The van der Waals surface area contributed by atoms with Crippen molar-refractivity contribution >= 4 is 23.3 Å². The van der Waals surface area contributed by atoms with Gasteiger partial charge in [0.15, 0.2) is 0 Å². The number of aryl methyl sites for hydroxylation is 1. The molecule has 0 aliphatic carbocycles. The molecule has 0 fully saturated rings. The zero-order valence-electron chi connectivity index (χ0n) is 10.4. The molecule has 98 valence electrons. The van der Waals surface area contributed by atoms with Crippen molar-refractivity contribution in [3.05, 3.63) is 58.4 Å². The maximum Gasteiger partial charge on any atom is 0.340 e. The Balaban J connectivity index is 2.05. The Kier molecular flexibility index (Phi) is 4.02. The average Bonchev–Trinajstić information content (AvgIpc) is 2.40. The fourth-order valence-electron chi connectivity index (χ4n) is 1.56. The second-order valence-electron chi connectivity index (χ2n) is 4.10. The summed E-state index contributed by atoms with van der Waals surface area (Å²) in [4.78, 5) is 15.9. The van der Waals surface area contributed by atoms with Crippen molar-refractivity contribution < 1.29 is 9.53 Å². The van der Waals surface area contributed by atoms with Crippen LogP contribution in [0.3, 0.4) is 0 Å². The van der Waals surface area contributed by atoms with Gasteiger partial charge in [0.05, 0.1) is 23.1 Å². The molecule has 2 N–H and O–H groups in total. The highest BCUT2D eigenvalue weighted by Gasteiger charge is 2.12. The van der Waals surface area contributed by atoms with Crippen LogP contribution in [0.25, 0.3) is 0 Å². The number of aromatic nitrogens is 1. The lowest BCUT2D eigenvalue weighted by Crippen LogP contribution is -2.09. The highest BCUT2D eigenvalue weighted by Crippen LogP contribution is 2.14. The molecule has 5 heteroatoms. The van der Waals surface area contributed by atoms with Crippen LogP contribution >= 0.6 is 11.6 Å². The van der Waals surface area contributed by atoms with E-state index < -0.39 is 5.97 Å². The van der Waals surface area contributed by atoms with E-state index in [0.29, 0.717) is 22.0 Å². The van der Waals surface area contributed by atoms with Crippen LogP contribution in [-0.2, 0) is 11.3 Å². The van der Waals surface area contributed by atoms with Crippen molar-refractivity contribution in [2.24, 2.45) is 0 Å². The minimum Gasteiger partial charge on any atom is -0.457 e. The topological polar surface area (TPSA) is 65.2 Å². The van der Waals surface area contributed by atoms with Crippen LogP contribution in [0, 0.1) is 6.92 Å². The summed E-state index contributed by atoms with van der Waals surface area (Å²) >= 11 is 5.78. The van der Waals surface area contributed by atoms with E-state index in [2.05, 4.69) is 4.98 Å². The minimum absolute atomic E-state index is 0.185. The molecule has 0 bridgehead atoms. The zero-order chi connectivity index (χ0) is 13.8. The predicted molar refractivity (Wildman–Crippen MR) is 74.0 cm³/mol. The lowest BCUT2D eigenvalue weighted by Gasteiger charge is -2.07. The van der Waals surface area contributed by atoms with Gasteiger partial charge in [-0.2, -0.15) is 0 Å². The number of hydrogen-bond donors (Lipinski definition) is 1. The molecule has 2 aromatic rings. The normalized spacial score (nSPS) is 10.2. The molecule has 4 nitrogen and oxygen atoms in total. The molecular formula is C14H13ClN2O2. The van der Waals surface area contributed by atoms with Crippen molar-refractivity contribution in [2.75, 3.05) is 5.73 Å². The van der Waals surface area contributed by atoms with Gasteiger partial charge in [-0.15, -0.1) is 0 Å². The van der Waals surface area contributed by atoms with Crippen molar-refractivity contribution in [3.63, 3.8) is 0 Å². The van der Waals surface area contributed by atoms with E-state index in [4.69, 9.17) is 22.1 Å². The number of nitrogens with zero attached hydrogens (tertiary/aromatic N) is 1. The van der Waals surface area contributed by atoms with Gasteiger partial charge in [0.25, 0.3) is 0 Å². The van der Waals surface area contributed by atoms with Crippen LogP contribution in [0.1, 0.15) is 21.6 Å². The summed E-state index contributed by atoms with van der Waals surface area (Å²) in [6, 6.07) is 8.67. The number of nitrogens with two attached hydrogens (primary N) is 1. The van der Waals surface area contributed by atoms with Crippen LogP contribution < -0.4 is 5.73 Å². The van der Waals surface area contributed by atoms with Gasteiger partial charge in [-0.25, -0.2) is 4.79 Å². The second-order valence-corrected chi connectivity index (χ2v) is 4.54. The Morgan fingerprint density at radius 1 is 1.37 bits per heavy atom. The molecule has 0 saturated heterocycles. The van der Waals surface area contributed by atoms with Crippen molar-refractivity contribution in [3.8, 4) is 0 Å². The van der Waals surface area contributed by atoms with Crippen molar-refractivity contribution in [2.45, 2.75) is 13.5 Å². The predicted octanol–water partition coefficient (Wildman–Crippen LogP) is 2.98. The molecular weight excluding hydrogens is 264 g/mol. The Bertz CT molecular complexity index is 597. The minimum atomic E-state index is -0.438. The highest BCUT2D eigenvalue weighted by atomic mass is 35.5. The summed E-state index contributed by atoms with van der Waals surface area (Å²) in [5, 5.41) is 0.644. The molecule has 0 spiro atoms. The summed E-state index contributed by atoms with van der Waals surface area (Å²) in [5.74, 6) is -0.438. The van der Waals surface area contributed by atoms with Gasteiger partial charge >= 0.3 is 5.97 Å². The molecule has 1 aromatic heterocycles. The van der Waals surface area contributed by atoms with Crippen LogP contribution in [0.15, 0.2) is 36.5 Å². The molecule has 0 amide bonds. The molecule has 1 aromatic carbocycles. The highest BCUT2D eigenvalue weighted by molar-refractivity contribution is 6.30. The largest absolute Gasteiger partial charge is 0.457 e. The molecule has 0 atom stereocenters. The number of ether oxygens (including phenoxy) is 1. The smallest absolute Gasteiger partial charge is 0.340 e. The van der Waals surface area contributed by atoms with Crippen molar-refractivity contribution in [1.82, 2.24) is 4.98 Å². The number of carbonyl (C=O) groups excluding carboxylic acids is 1. The van der Waals surface area contributed by atoms with Crippen LogP contribution in [0.4, 0.5) is 5.69 Å². The maximum absolute atomic E-state index is 11.9. The van der Waals surface area contributed by atoms with E-state index in [1.807, 2.05) is 0 Å². The van der Waals surface area contributed by atoms with Gasteiger partial charge in [0.2, 0.25) is 0 Å². The first-order valence-corrected chi connectivity index (χ1v) is 6.08. The molecule has 0 saturated carbocycles. The summed E-state index contributed by atoms with van der Waals surface area (Å²) in [6.45, 7) is 1.92. The number of nitrogen functional groups attached to an aromatic ring is 1. The molecule has 0 aliphatic heterocycles. The van der Waals surface area contributed by atoms with Gasteiger partial charge in [-0.3, -0.25) is 4.98 Å². The first-order chi connectivity index (χ1) is 9.06. The molecule has 0 aliphatic rings. The summed E-state index contributed by atoms with van der Waals surface area (Å²) < 4.78 is 5.21. The van der Waals surface area contributed by atoms with Crippen LogP contribution in [0.2, 0.25) is 5.02 Å². The fraction of sp³-hybridized carbons (Fsp3) is 0.143. The third-order valence-electron chi connectivity index (χ3n) is 2.61. The first kappa shape index (κ1) is 13.4. The van der Waals surface area contributed by atoms with E-state index >= 15 is 0 Å². The zero-order valence-corrected chi connectivity index (χ0v) is 11.1. The lowest BCUT2D eigenvalue weighted by atomic mass is 10.2. The van der Waals surface area contributed by atoms with E-state index in [9.17, 15) is 4.79 Å². The summed E-state index contributed by atoms with van der Waals surface area (Å²) in [5.41, 5.74) is 7.88. The SMILES string of the molecule is Cc1ncc(N)cc1C(=O)OCc1ccc(Cl)cc1. The van der Waals surface area contributed by atoms with Crippen molar-refractivity contribution in [1.29, 1.82) is 0 Å².